The van der Waals surface area contributed by atoms with Crippen molar-refractivity contribution in [3.05, 3.63) is 71.0 Å². The van der Waals surface area contributed by atoms with E-state index in [0.717, 1.165) is 12.0 Å². The molecule has 0 spiro atoms. The van der Waals surface area contributed by atoms with Gasteiger partial charge in [0.1, 0.15) is 17.2 Å². The van der Waals surface area contributed by atoms with Crippen LogP contribution in [0, 0.1) is 11.2 Å². The lowest BCUT2D eigenvalue weighted by atomic mass is 9.86. The monoisotopic (exact) mass is 495 g/mol. The fraction of sp³-hybridized carbons (Fsp3) is 0.429. The van der Waals surface area contributed by atoms with E-state index in [-0.39, 0.29) is 41.9 Å². The average Bonchev–Trinajstić information content (AvgIpc) is 3.02. The third kappa shape index (κ3) is 6.56. The number of hydrogen-bond acceptors (Lipinski definition) is 4. The van der Waals surface area contributed by atoms with Gasteiger partial charge in [0.05, 0.1) is 12.5 Å². The number of carbonyl (C=O) groups is 3. The smallest absolute Gasteiger partial charge is 0.305 e. The van der Waals surface area contributed by atoms with Crippen molar-refractivity contribution >= 4 is 23.5 Å². The van der Waals surface area contributed by atoms with Gasteiger partial charge in [0, 0.05) is 17.7 Å². The summed E-state index contributed by atoms with van der Waals surface area (Å²) in [6.45, 7) is 10.2. The Labute approximate surface area is 211 Å². The van der Waals surface area contributed by atoms with Crippen LogP contribution in [0.1, 0.15) is 81.4 Å². The molecule has 3 rings (SSSR count). The molecule has 192 valence electrons. The minimum atomic E-state index is -0.981. The van der Waals surface area contributed by atoms with Crippen LogP contribution in [0.3, 0.4) is 0 Å². The molecule has 2 N–H and O–H groups in total. The lowest BCUT2D eigenvalue weighted by molar-refractivity contribution is -0.136. The summed E-state index contributed by atoms with van der Waals surface area (Å²) in [6.07, 6.45) is 1.36. The van der Waals surface area contributed by atoms with Gasteiger partial charge in [0.25, 0.3) is 11.8 Å². The van der Waals surface area contributed by atoms with Crippen molar-refractivity contribution < 1.29 is 23.9 Å². The van der Waals surface area contributed by atoms with Gasteiger partial charge in [-0.2, -0.15) is 0 Å². The highest BCUT2D eigenvalue weighted by Crippen LogP contribution is 2.39. The number of carbonyl (C=O) groups excluding carboxylic acids is 2. The highest BCUT2D eigenvalue weighted by Gasteiger charge is 2.45. The van der Waals surface area contributed by atoms with Crippen molar-refractivity contribution in [3.63, 3.8) is 0 Å². The summed E-state index contributed by atoms with van der Waals surface area (Å²) < 4.78 is 13.9. The topological polar surface area (TPSA) is 99.1 Å². The summed E-state index contributed by atoms with van der Waals surface area (Å²) in [6, 6.07) is 12.6. The van der Waals surface area contributed by atoms with Crippen LogP contribution in [0.4, 0.5) is 4.39 Å². The summed E-state index contributed by atoms with van der Waals surface area (Å²) >= 11 is 0. The van der Waals surface area contributed by atoms with Crippen LogP contribution >= 0.6 is 0 Å². The summed E-state index contributed by atoms with van der Waals surface area (Å²) in [5.74, 6) is -2.03. The molecule has 2 aromatic carbocycles. The van der Waals surface area contributed by atoms with Gasteiger partial charge in [0.2, 0.25) is 0 Å². The Morgan fingerprint density at radius 2 is 1.81 bits per heavy atom. The standard InChI is InChI=1S/C28H34FN3O4/c1-27(2,3)15-13-22(18-9-11-19(12-10-18)25(35)30-16-14-23(33)34)32-26(36)24(31-28(32,4)5)20-7-6-8-21(29)17-20/h6-12,17,22H,13-16H2,1-5H3,(H,30,35)(H,33,34). The van der Waals surface area contributed by atoms with Gasteiger partial charge in [-0.25, -0.2) is 4.39 Å². The average molecular weight is 496 g/mol. The number of aliphatic imine (C=N–C) groups is 1. The zero-order chi connectivity index (χ0) is 26.7. The molecule has 0 fully saturated rings. The third-order valence-corrected chi connectivity index (χ3v) is 6.16. The molecule has 1 aliphatic heterocycles. The van der Waals surface area contributed by atoms with Crippen molar-refractivity contribution in [1.82, 2.24) is 10.2 Å². The minimum absolute atomic E-state index is 0.0291. The Kier molecular flexibility index (Phi) is 7.96. The van der Waals surface area contributed by atoms with Crippen molar-refractivity contribution in [3.8, 4) is 0 Å². The Balaban J connectivity index is 1.90. The first-order chi connectivity index (χ1) is 16.8. The lowest BCUT2D eigenvalue weighted by Crippen LogP contribution is -2.45. The Bertz CT molecular complexity index is 1170. The maximum absolute atomic E-state index is 13.9. The van der Waals surface area contributed by atoms with Gasteiger partial charge in [-0.05, 0) is 61.9 Å². The van der Waals surface area contributed by atoms with Crippen LogP contribution in [-0.2, 0) is 9.59 Å². The SMILES string of the molecule is CC(C)(C)CCC(c1ccc(C(=O)NCCC(=O)O)cc1)N1C(=O)C(c2cccc(F)c2)=NC1(C)C. The van der Waals surface area contributed by atoms with E-state index in [1.54, 1.807) is 29.2 Å². The highest BCUT2D eigenvalue weighted by atomic mass is 19.1. The van der Waals surface area contributed by atoms with Crippen LogP contribution in [0.15, 0.2) is 53.5 Å². The van der Waals surface area contributed by atoms with E-state index in [2.05, 4.69) is 26.1 Å². The molecule has 0 radical (unpaired) electrons. The molecule has 0 saturated heterocycles. The molecule has 7 nitrogen and oxygen atoms in total. The minimum Gasteiger partial charge on any atom is -0.481 e. The second kappa shape index (κ2) is 10.6. The number of carboxylic acids is 1. The molecule has 2 amide bonds. The first-order valence-electron chi connectivity index (χ1n) is 12.1. The molecule has 0 aliphatic carbocycles. The van der Waals surface area contributed by atoms with Gasteiger partial charge < -0.3 is 15.3 Å². The van der Waals surface area contributed by atoms with E-state index in [1.807, 2.05) is 26.0 Å². The number of hydrogen-bond donors (Lipinski definition) is 2. The van der Waals surface area contributed by atoms with Crippen molar-refractivity contribution in [2.75, 3.05) is 6.54 Å². The zero-order valence-corrected chi connectivity index (χ0v) is 21.5. The molecule has 8 heteroatoms. The van der Waals surface area contributed by atoms with E-state index in [4.69, 9.17) is 10.1 Å². The van der Waals surface area contributed by atoms with Crippen LogP contribution in [0.25, 0.3) is 0 Å². The van der Waals surface area contributed by atoms with E-state index >= 15 is 0 Å². The van der Waals surface area contributed by atoms with Gasteiger partial charge in [-0.1, -0.05) is 45.0 Å². The van der Waals surface area contributed by atoms with E-state index in [0.29, 0.717) is 17.5 Å². The van der Waals surface area contributed by atoms with Crippen LogP contribution < -0.4 is 5.32 Å². The maximum atomic E-state index is 13.9. The Hall–Kier alpha value is -3.55. The third-order valence-electron chi connectivity index (χ3n) is 6.16. The fourth-order valence-corrected chi connectivity index (χ4v) is 4.34. The molecule has 0 saturated carbocycles. The molecular weight excluding hydrogens is 461 g/mol. The Morgan fingerprint density at radius 1 is 1.14 bits per heavy atom. The predicted molar refractivity (Wildman–Crippen MR) is 136 cm³/mol. The molecule has 36 heavy (non-hydrogen) atoms. The van der Waals surface area contributed by atoms with Crippen molar-refractivity contribution in [2.45, 2.75) is 65.6 Å². The summed E-state index contributed by atoms with van der Waals surface area (Å²) in [4.78, 5) is 43.2. The van der Waals surface area contributed by atoms with Gasteiger partial charge in [0.15, 0.2) is 0 Å². The second-order valence-corrected chi connectivity index (χ2v) is 10.8. The summed E-state index contributed by atoms with van der Waals surface area (Å²) in [7, 11) is 0. The molecular formula is C28H34FN3O4. The Morgan fingerprint density at radius 3 is 2.39 bits per heavy atom. The van der Waals surface area contributed by atoms with E-state index in [9.17, 15) is 18.8 Å². The van der Waals surface area contributed by atoms with E-state index < -0.39 is 17.4 Å². The van der Waals surface area contributed by atoms with Crippen molar-refractivity contribution in [1.29, 1.82) is 0 Å². The molecule has 1 aliphatic rings. The molecule has 1 atom stereocenters. The predicted octanol–water partition coefficient (Wildman–Crippen LogP) is 4.97. The number of aliphatic carboxylic acids is 1. The van der Waals surface area contributed by atoms with E-state index in [1.165, 1.54) is 12.1 Å². The van der Waals surface area contributed by atoms with Crippen LogP contribution in [-0.4, -0.2) is 45.7 Å². The normalized spacial score (nSPS) is 16.0. The van der Waals surface area contributed by atoms with Gasteiger partial charge in [-0.3, -0.25) is 19.4 Å². The molecule has 1 heterocycles. The number of amides is 2. The van der Waals surface area contributed by atoms with Gasteiger partial charge in [-0.15, -0.1) is 0 Å². The largest absolute Gasteiger partial charge is 0.481 e. The first-order valence-corrected chi connectivity index (χ1v) is 12.1. The number of carboxylic acid groups (broad SMARTS) is 1. The van der Waals surface area contributed by atoms with Crippen LogP contribution in [0.5, 0.6) is 0 Å². The molecule has 2 aromatic rings. The lowest BCUT2D eigenvalue weighted by Gasteiger charge is -2.38. The number of rotatable bonds is 9. The molecule has 1 unspecified atom stereocenters. The summed E-state index contributed by atoms with van der Waals surface area (Å²) in [5, 5.41) is 11.4. The molecule has 0 bridgehead atoms. The fourth-order valence-electron chi connectivity index (χ4n) is 4.34. The number of benzene rings is 2. The quantitative estimate of drug-likeness (QED) is 0.513. The van der Waals surface area contributed by atoms with Crippen molar-refractivity contribution in [2.24, 2.45) is 10.4 Å². The van der Waals surface area contributed by atoms with Crippen LogP contribution in [0.2, 0.25) is 0 Å². The number of nitrogens with zero attached hydrogens (tertiary/aromatic N) is 2. The first kappa shape index (κ1) is 27.0. The molecule has 0 aromatic heterocycles. The number of nitrogens with one attached hydrogen (secondary N) is 1. The highest BCUT2D eigenvalue weighted by molar-refractivity contribution is 6.46. The number of halogens is 1. The maximum Gasteiger partial charge on any atom is 0.305 e. The second-order valence-electron chi connectivity index (χ2n) is 10.8. The zero-order valence-electron chi connectivity index (χ0n) is 21.5. The van der Waals surface area contributed by atoms with Gasteiger partial charge >= 0.3 is 5.97 Å². The summed E-state index contributed by atoms with van der Waals surface area (Å²) in [5.41, 5.74) is 1.12.